The van der Waals surface area contributed by atoms with Crippen LogP contribution in [0.4, 0.5) is 0 Å². The minimum atomic E-state index is 0.814. The standard InChI is InChI=1S/C18H20N4O/c1-2-22-18(19-13-20-22)12-21-9-8-15-10-16(23-17(15)11-21)14-6-4-3-5-7-14/h3-7,10,13H,2,8-9,11-12H2,1H3. The molecular formula is C18H20N4O. The second-order valence-corrected chi connectivity index (χ2v) is 5.88. The van der Waals surface area contributed by atoms with Crippen LogP contribution < -0.4 is 0 Å². The number of aryl methyl sites for hydroxylation is 1. The van der Waals surface area contributed by atoms with Crippen LogP contribution in [0.15, 0.2) is 47.1 Å². The van der Waals surface area contributed by atoms with Gasteiger partial charge in [0.05, 0.1) is 13.1 Å². The van der Waals surface area contributed by atoms with E-state index in [4.69, 9.17) is 4.42 Å². The summed E-state index contributed by atoms with van der Waals surface area (Å²) in [6, 6.07) is 12.5. The van der Waals surface area contributed by atoms with Crippen molar-refractivity contribution >= 4 is 0 Å². The lowest BCUT2D eigenvalue weighted by Crippen LogP contribution is -2.30. The van der Waals surface area contributed by atoms with E-state index in [0.29, 0.717) is 0 Å². The van der Waals surface area contributed by atoms with Crippen molar-refractivity contribution in [3.8, 4) is 11.3 Å². The van der Waals surface area contributed by atoms with Crippen LogP contribution in [0.2, 0.25) is 0 Å². The third-order valence-electron chi connectivity index (χ3n) is 4.38. The van der Waals surface area contributed by atoms with Crippen LogP contribution in [-0.4, -0.2) is 26.2 Å². The number of furan rings is 1. The molecule has 3 heterocycles. The summed E-state index contributed by atoms with van der Waals surface area (Å²) in [5, 5.41) is 4.24. The van der Waals surface area contributed by atoms with Gasteiger partial charge in [0.25, 0.3) is 0 Å². The van der Waals surface area contributed by atoms with E-state index in [-0.39, 0.29) is 0 Å². The Balaban J connectivity index is 1.52. The van der Waals surface area contributed by atoms with Crippen LogP contribution in [0.3, 0.4) is 0 Å². The molecule has 5 heteroatoms. The van der Waals surface area contributed by atoms with Gasteiger partial charge in [-0.1, -0.05) is 30.3 Å². The fourth-order valence-electron chi connectivity index (χ4n) is 3.13. The first kappa shape index (κ1) is 14.2. The Morgan fingerprint density at radius 3 is 2.91 bits per heavy atom. The highest BCUT2D eigenvalue weighted by Gasteiger charge is 2.22. The summed E-state index contributed by atoms with van der Waals surface area (Å²) in [4.78, 5) is 6.74. The number of fused-ring (bicyclic) bond motifs is 1. The molecule has 0 saturated carbocycles. The largest absolute Gasteiger partial charge is 0.459 e. The van der Waals surface area contributed by atoms with Crippen LogP contribution in [0, 0.1) is 0 Å². The van der Waals surface area contributed by atoms with Crippen molar-refractivity contribution < 1.29 is 4.42 Å². The van der Waals surface area contributed by atoms with E-state index in [1.54, 1.807) is 6.33 Å². The maximum absolute atomic E-state index is 6.11. The molecule has 0 bridgehead atoms. The van der Waals surface area contributed by atoms with Crippen molar-refractivity contribution in [2.75, 3.05) is 6.54 Å². The van der Waals surface area contributed by atoms with E-state index in [1.165, 1.54) is 5.56 Å². The van der Waals surface area contributed by atoms with Crippen molar-refractivity contribution in [3.05, 3.63) is 59.9 Å². The van der Waals surface area contributed by atoms with Crippen molar-refractivity contribution in [2.45, 2.75) is 33.0 Å². The first-order chi connectivity index (χ1) is 11.3. The maximum Gasteiger partial charge on any atom is 0.141 e. The van der Waals surface area contributed by atoms with E-state index in [9.17, 15) is 0 Å². The first-order valence-electron chi connectivity index (χ1n) is 8.09. The van der Waals surface area contributed by atoms with Gasteiger partial charge in [-0.2, -0.15) is 5.10 Å². The van der Waals surface area contributed by atoms with Crippen molar-refractivity contribution in [2.24, 2.45) is 0 Å². The van der Waals surface area contributed by atoms with Gasteiger partial charge in [0.15, 0.2) is 0 Å². The SMILES string of the molecule is CCn1ncnc1CN1CCc2cc(-c3ccccc3)oc2C1. The second kappa shape index (κ2) is 6.01. The molecule has 3 aromatic rings. The summed E-state index contributed by atoms with van der Waals surface area (Å²) in [7, 11) is 0. The van der Waals surface area contributed by atoms with Gasteiger partial charge in [-0.25, -0.2) is 9.67 Å². The number of hydrogen-bond acceptors (Lipinski definition) is 4. The van der Waals surface area contributed by atoms with E-state index in [1.807, 2.05) is 22.9 Å². The minimum absolute atomic E-state index is 0.814. The number of rotatable bonds is 4. The lowest BCUT2D eigenvalue weighted by molar-refractivity contribution is 0.213. The van der Waals surface area contributed by atoms with Gasteiger partial charge < -0.3 is 4.42 Å². The maximum atomic E-state index is 6.11. The third kappa shape index (κ3) is 2.80. The van der Waals surface area contributed by atoms with Crippen molar-refractivity contribution in [3.63, 3.8) is 0 Å². The molecule has 4 rings (SSSR count). The van der Waals surface area contributed by atoms with E-state index in [0.717, 1.165) is 55.5 Å². The number of hydrogen-bond donors (Lipinski definition) is 0. The van der Waals surface area contributed by atoms with Gasteiger partial charge in [-0.05, 0) is 25.0 Å². The average molecular weight is 308 g/mol. The fourth-order valence-corrected chi connectivity index (χ4v) is 3.13. The predicted octanol–water partition coefficient (Wildman–Crippen LogP) is 3.12. The molecule has 1 aliphatic rings. The Kier molecular flexibility index (Phi) is 3.71. The van der Waals surface area contributed by atoms with Crippen LogP contribution in [0.5, 0.6) is 0 Å². The highest BCUT2D eigenvalue weighted by atomic mass is 16.3. The van der Waals surface area contributed by atoms with Crippen molar-refractivity contribution in [1.29, 1.82) is 0 Å². The van der Waals surface area contributed by atoms with Crippen LogP contribution in [0.1, 0.15) is 24.1 Å². The van der Waals surface area contributed by atoms with Gasteiger partial charge in [-0.3, -0.25) is 4.90 Å². The highest BCUT2D eigenvalue weighted by Crippen LogP contribution is 2.29. The Labute approximate surface area is 135 Å². The van der Waals surface area contributed by atoms with Gasteiger partial charge in [0, 0.05) is 18.7 Å². The second-order valence-electron chi connectivity index (χ2n) is 5.88. The average Bonchev–Trinajstić information content (AvgIpc) is 3.21. The highest BCUT2D eigenvalue weighted by molar-refractivity contribution is 5.58. The Bertz CT molecular complexity index is 790. The molecule has 1 aromatic carbocycles. The molecular weight excluding hydrogens is 288 g/mol. The molecule has 0 saturated heterocycles. The molecule has 0 amide bonds. The number of nitrogens with zero attached hydrogens (tertiary/aromatic N) is 4. The van der Waals surface area contributed by atoms with E-state index < -0.39 is 0 Å². The smallest absolute Gasteiger partial charge is 0.141 e. The number of benzene rings is 1. The zero-order valence-corrected chi connectivity index (χ0v) is 13.3. The molecule has 0 atom stereocenters. The minimum Gasteiger partial charge on any atom is -0.459 e. The zero-order valence-electron chi connectivity index (χ0n) is 13.3. The van der Waals surface area contributed by atoms with Gasteiger partial charge in [0.1, 0.15) is 23.7 Å². The normalized spacial score (nSPS) is 14.8. The molecule has 1 aliphatic heterocycles. The molecule has 23 heavy (non-hydrogen) atoms. The molecule has 0 unspecified atom stereocenters. The molecule has 0 radical (unpaired) electrons. The summed E-state index contributed by atoms with van der Waals surface area (Å²) < 4.78 is 8.07. The topological polar surface area (TPSA) is 47.1 Å². The molecule has 0 spiro atoms. The Morgan fingerprint density at radius 1 is 1.22 bits per heavy atom. The lowest BCUT2D eigenvalue weighted by Gasteiger charge is -2.25. The van der Waals surface area contributed by atoms with Crippen LogP contribution >= 0.6 is 0 Å². The lowest BCUT2D eigenvalue weighted by atomic mass is 10.1. The first-order valence-corrected chi connectivity index (χ1v) is 8.09. The summed E-state index contributed by atoms with van der Waals surface area (Å²) in [5.74, 6) is 3.07. The van der Waals surface area contributed by atoms with Gasteiger partial charge in [-0.15, -0.1) is 0 Å². The fraction of sp³-hybridized carbons (Fsp3) is 0.333. The van der Waals surface area contributed by atoms with Crippen molar-refractivity contribution in [1.82, 2.24) is 19.7 Å². The predicted molar refractivity (Wildman–Crippen MR) is 87.7 cm³/mol. The molecule has 118 valence electrons. The summed E-state index contributed by atoms with van der Waals surface area (Å²) in [6.07, 6.45) is 2.65. The van der Waals surface area contributed by atoms with E-state index in [2.05, 4.69) is 40.1 Å². The van der Waals surface area contributed by atoms with Crippen LogP contribution in [-0.2, 0) is 26.1 Å². The number of aromatic nitrogens is 3. The Hall–Kier alpha value is -2.40. The summed E-state index contributed by atoms with van der Waals surface area (Å²) in [5.41, 5.74) is 2.47. The van der Waals surface area contributed by atoms with Gasteiger partial charge >= 0.3 is 0 Å². The molecule has 0 fully saturated rings. The van der Waals surface area contributed by atoms with E-state index >= 15 is 0 Å². The van der Waals surface area contributed by atoms with Gasteiger partial charge in [0.2, 0.25) is 0 Å². The monoisotopic (exact) mass is 308 g/mol. The third-order valence-corrected chi connectivity index (χ3v) is 4.38. The Morgan fingerprint density at radius 2 is 2.09 bits per heavy atom. The molecule has 0 aliphatic carbocycles. The molecule has 0 N–H and O–H groups in total. The molecule has 5 nitrogen and oxygen atoms in total. The summed E-state index contributed by atoms with van der Waals surface area (Å²) in [6.45, 7) is 5.61. The quantitative estimate of drug-likeness (QED) is 0.743. The zero-order chi connectivity index (χ0) is 15.6. The van der Waals surface area contributed by atoms with Crippen LogP contribution in [0.25, 0.3) is 11.3 Å². The molecule has 2 aromatic heterocycles. The summed E-state index contributed by atoms with van der Waals surface area (Å²) >= 11 is 0.